The lowest BCUT2D eigenvalue weighted by Gasteiger charge is -2.24. The van der Waals surface area contributed by atoms with Gasteiger partial charge < -0.3 is 0 Å². The van der Waals surface area contributed by atoms with Gasteiger partial charge in [-0.1, -0.05) is 128 Å². The molecule has 0 N–H and O–H groups in total. The van der Waals surface area contributed by atoms with Crippen LogP contribution in [-0.2, 0) is 5.41 Å². The Morgan fingerprint density at radius 2 is 0.870 bits per heavy atom. The van der Waals surface area contributed by atoms with Gasteiger partial charge >= 0.3 is 0 Å². The average molecular weight is 582 g/mol. The molecular weight excluding hydrogens is 547 g/mol. The summed E-state index contributed by atoms with van der Waals surface area (Å²) >= 11 is 0. The lowest BCUT2D eigenvalue weighted by molar-refractivity contribution is 0.660. The molecule has 7 aromatic carbocycles. The van der Waals surface area contributed by atoms with Crippen molar-refractivity contribution in [3.8, 4) is 44.5 Å². The predicted molar refractivity (Wildman–Crippen MR) is 216 cm³/mol. The Bertz CT molecular complexity index is 2360. The van der Waals surface area contributed by atoms with Crippen molar-refractivity contribution in [3.05, 3.63) is 126 Å². The van der Waals surface area contributed by atoms with E-state index in [4.69, 9.17) is 0 Å². The van der Waals surface area contributed by atoms with Gasteiger partial charge in [-0.05, 0) is 89.3 Å². The first-order valence-electron chi connectivity index (χ1n) is 16.5. The molecule has 1 aliphatic carbocycles. The molecule has 46 heavy (non-hydrogen) atoms. The van der Waals surface area contributed by atoms with Gasteiger partial charge in [-0.15, -0.1) is 16.4 Å². The molecule has 0 aliphatic heterocycles. The highest BCUT2D eigenvalue weighted by atomic mass is 14.4. The third kappa shape index (κ3) is 4.07. The molecule has 7 aromatic rings. The van der Waals surface area contributed by atoms with Gasteiger partial charge in [-0.25, -0.2) is 0 Å². The average Bonchev–Trinajstić information content (AvgIpc) is 3.31. The maximum Gasteiger partial charge on any atom is 0.139 e. The summed E-state index contributed by atoms with van der Waals surface area (Å²) < 4.78 is 0. The Kier molecular flexibility index (Phi) is 6.56. The van der Waals surface area contributed by atoms with E-state index in [2.05, 4.69) is 168 Å². The Morgan fingerprint density at radius 3 is 1.57 bits per heavy atom. The van der Waals surface area contributed by atoms with Crippen LogP contribution >= 0.6 is 0 Å². The van der Waals surface area contributed by atoms with Gasteiger partial charge in [-0.3, -0.25) is 0 Å². The molecule has 0 amide bonds. The zero-order chi connectivity index (χ0) is 31.9. The molecule has 0 saturated heterocycles. The van der Waals surface area contributed by atoms with Gasteiger partial charge in [0.2, 0.25) is 0 Å². The van der Waals surface area contributed by atoms with E-state index in [-0.39, 0.29) is 5.41 Å². The van der Waals surface area contributed by atoms with Crippen molar-refractivity contribution in [1.82, 2.24) is 0 Å². The SMILES string of the molecule is Bc1c(B)c(B)c(-c2ccc3c(-c4ccc5c(c4)C(C)(C)c4ccccc4-5)c4ccccc4c(-c4ccccc4)c3c2)c(B)c1B. The van der Waals surface area contributed by atoms with Crippen LogP contribution in [0.2, 0.25) is 0 Å². The summed E-state index contributed by atoms with van der Waals surface area (Å²) in [4.78, 5) is 0. The van der Waals surface area contributed by atoms with Crippen LogP contribution in [-0.4, -0.2) is 39.2 Å². The molecule has 0 nitrogen and oxygen atoms in total. The largest absolute Gasteiger partial charge is 0.139 e. The Morgan fingerprint density at radius 1 is 0.370 bits per heavy atom. The fourth-order valence-corrected chi connectivity index (χ4v) is 8.35. The zero-order valence-electron chi connectivity index (χ0n) is 28.0. The van der Waals surface area contributed by atoms with Gasteiger partial charge in [0.25, 0.3) is 0 Å². The lowest BCUT2D eigenvalue weighted by Crippen LogP contribution is -2.55. The molecule has 1 aliphatic rings. The van der Waals surface area contributed by atoms with E-state index in [0.29, 0.717) is 0 Å². The van der Waals surface area contributed by atoms with Gasteiger partial charge in [0.05, 0.1) is 0 Å². The lowest BCUT2D eigenvalue weighted by atomic mass is 9.59. The molecule has 0 unspecified atom stereocenters. The molecule has 214 valence electrons. The Hall–Kier alpha value is -4.62. The molecule has 5 heteroatoms. The summed E-state index contributed by atoms with van der Waals surface area (Å²) in [5.41, 5.74) is 20.2. The minimum Gasteiger partial charge on any atom is -0.102 e. The summed E-state index contributed by atoms with van der Waals surface area (Å²) in [5.74, 6) is 0. The molecule has 0 radical (unpaired) electrons. The van der Waals surface area contributed by atoms with Crippen LogP contribution in [0.3, 0.4) is 0 Å². The maximum absolute atomic E-state index is 2.48. The van der Waals surface area contributed by atoms with E-state index in [1.807, 2.05) is 0 Å². The number of fused-ring (bicyclic) bond motifs is 5. The minimum absolute atomic E-state index is 0.0547. The van der Waals surface area contributed by atoms with Crippen LogP contribution in [0.5, 0.6) is 0 Å². The van der Waals surface area contributed by atoms with Crippen molar-refractivity contribution in [2.75, 3.05) is 0 Å². The van der Waals surface area contributed by atoms with Gasteiger partial charge in [0.1, 0.15) is 39.2 Å². The smallest absolute Gasteiger partial charge is 0.102 e. The summed E-state index contributed by atoms with van der Waals surface area (Å²) in [7, 11) is 11.4. The van der Waals surface area contributed by atoms with Crippen molar-refractivity contribution in [2.24, 2.45) is 0 Å². The molecule has 0 aromatic heterocycles. The quantitative estimate of drug-likeness (QED) is 0.222. The Balaban J connectivity index is 1.48. The fourth-order valence-electron chi connectivity index (χ4n) is 8.35. The van der Waals surface area contributed by atoms with E-state index in [1.165, 1.54) is 104 Å². The second-order valence-electron chi connectivity index (χ2n) is 13.9. The van der Waals surface area contributed by atoms with Crippen molar-refractivity contribution in [2.45, 2.75) is 19.3 Å². The van der Waals surface area contributed by atoms with E-state index >= 15 is 0 Å². The molecule has 0 fully saturated rings. The minimum atomic E-state index is -0.0547. The molecule has 0 spiro atoms. The Labute approximate surface area is 277 Å². The normalized spacial score (nSPS) is 13.2. The van der Waals surface area contributed by atoms with Gasteiger partial charge in [0, 0.05) is 5.41 Å². The third-order valence-corrected chi connectivity index (χ3v) is 11.2. The third-order valence-electron chi connectivity index (χ3n) is 11.2. The first kappa shape index (κ1) is 28.8. The van der Waals surface area contributed by atoms with Crippen LogP contribution in [0.25, 0.3) is 66.1 Å². The molecule has 8 rings (SSSR count). The molecule has 0 heterocycles. The summed E-state index contributed by atoms with van der Waals surface area (Å²) in [6.45, 7) is 4.75. The van der Waals surface area contributed by atoms with Crippen LogP contribution in [0, 0.1) is 0 Å². The number of rotatable bonds is 3. The van der Waals surface area contributed by atoms with Crippen molar-refractivity contribution in [3.63, 3.8) is 0 Å². The van der Waals surface area contributed by atoms with Gasteiger partial charge in [-0.2, -0.15) is 0 Å². The maximum atomic E-state index is 2.48. The molecule has 0 bridgehead atoms. The van der Waals surface area contributed by atoms with E-state index in [1.54, 1.807) is 0 Å². The van der Waals surface area contributed by atoms with E-state index in [0.717, 1.165) is 0 Å². The molecule has 0 saturated carbocycles. The standard InChI is InChI=1S/C41H35B5/c1-41(2)31-15-9-8-12-25(31)26-18-16-24(21-32(26)41)34-28-14-7-6-13-27(28)33(22-10-4-3-5-11-22)30-20-23(17-19-29(30)34)35-36(42)38(44)40(46)39(45)37(35)43/h3-21H,42-46H2,1-2H3. The highest BCUT2D eigenvalue weighted by Crippen LogP contribution is 2.51. The number of hydrogen-bond donors (Lipinski definition) is 0. The summed E-state index contributed by atoms with van der Waals surface area (Å²) in [6, 6.07) is 43.3. The second kappa shape index (κ2) is 10.5. The van der Waals surface area contributed by atoms with Crippen LogP contribution < -0.4 is 27.3 Å². The first-order valence-corrected chi connectivity index (χ1v) is 16.5. The van der Waals surface area contributed by atoms with Crippen molar-refractivity contribution < 1.29 is 0 Å². The summed E-state index contributed by atoms with van der Waals surface area (Å²) in [5, 5.41) is 5.19. The molecule has 0 atom stereocenters. The van der Waals surface area contributed by atoms with Crippen molar-refractivity contribution in [1.29, 1.82) is 0 Å². The number of hydrogen-bond acceptors (Lipinski definition) is 0. The van der Waals surface area contributed by atoms with Crippen LogP contribution in [0.4, 0.5) is 0 Å². The van der Waals surface area contributed by atoms with Crippen molar-refractivity contribution >= 4 is 88.1 Å². The topological polar surface area (TPSA) is 0 Å². The first-order chi connectivity index (χ1) is 22.2. The predicted octanol–water partition coefficient (Wildman–Crippen LogP) is 2.59. The molecular formula is C41H35B5. The highest BCUT2D eigenvalue weighted by molar-refractivity contribution is 6.68. The van der Waals surface area contributed by atoms with E-state index in [9.17, 15) is 0 Å². The highest BCUT2D eigenvalue weighted by Gasteiger charge is 2.35. The monoisotopic (exact) mass is 582 g/mol. The van der Waals surface area contributed by atoms with Gasteiger partial charge in [0.15, 0.2) is 0 Å². The van der Waals surface area contributed by atoms with Crippen LogP contribution in [0.15, 0.2) is 115 Å². The second-order valence-corrected chi connectivity index (χ2v) is 13.9. The summed E-state index contributed by atoms with van der Waals surface area (Å²) in [6.07, 6.45) is 0. The zero-order valence-corrected chi connectivity index (χ0v) is 28.0. The number of benzene rings is 7. The van der Waals surface area contributed by atoms with E-state index < -0.39 is 0 Å². The fraction of sp³-hybridized carbons (Fsp3) is 0.0732. The van der Waals surface area contributed by atoms with Crippen LogP contribution in [0.1, 0.15) is 25.0 Å².